The zero-order chi connectivity index (χ0) is 16.4. The van der Waals surface area contributed by atoms with Crippen molar-refractivity contribution in [1.29, 1.82) is 0 Å². The van der Waals surface area contributed by atoms with Crippen LogP contribution in [-0.4, -0.2) is 43.6 Å². The van der Waals surface area contributed by atoms with Crippen LogP contribution in [0.25, 0.3) is 0 Å². The van der Waals surface area contributed by atoms with Gasteiger partial charge in [-0.1, -0.05) is 11.6 Å². The van der Waals surface area contributed by atoms with E-state index in [0.717, 1.165) is 11.9 Å². The molecule has 0 aromatic carbocycles. The van der Waals surface area contributed by atoms with Crippen molar-refractivity contribution in [3.05, 3.63) is 17.4 Å². The molecule has 0 radical (unpaired) electrons. The highest BCUT2D eigenvalue weighted by Crippen LogP contribution is 2.36. The third-order valence-corrected chi connectivity index (χ3v) is 4.39. The van der Waals surface area contributed by atoms with E-state index in [4.69, 9.17) is 30.4 Å². The van der Waals surface area contributed by atoms with Gasteiger partial charge in [0.25, 0.3) is 0 Å². The molecule has 0 atom stereocenters. The Kier molecular flexibility index (Phi) is 5.38. The molecule has 5 nitrogen and oxygen atoms in total. The highest BCUT2D eigenvalue weighted by atomic mass is 35.5. The van der Waals surface area contributed by atoms with Gasteiger partial charge >= 0.3 is 7.12 Å². The van der Waals surface area contributed by atoms with Gasteiger partial charge in [0.2, 0.25) is 0 Å². The Labute approximate surface area is 137 Å². The van der Waals surface area contributed by atoms with E-state index in [0.29, 0.717) is 24.1 Å². The minimum atomic E-state index is -0.476. The van der Waals surface area contributed by atoms with Crippen molar-refractivity contribution in [3.8, 4) is 5.75 Å². The lowest BCUT2D eigenvalue weighted by Gasteiger charge is -2.32. The van der Waals surface area contributed by atoms with Crippen molar-refractivity contribution in [1.82, 2.24) is 4.98 Å². The molecule has 0 aliphatic carbocycles. The Morgan fingerprint density at radius 2 is 1.82 bits per heavy atom. The summed E-state index contributed by atoms with van der Waals surface area (Å²) in [7, 11) is 1.18. The second-order valence-corrected chi connectivity index (χ2v) is 6.70. The highest BCUT2D eigenvalue weighted by molar-refractivity contribution is 6.62. The molecule has 0 amide bonds. The van der Waals surface area contributed by atoms with Crippen molar-refractivity contribution in [3.63, 3.8) is 0 Å². The number of ether oxygens (including phenoxy) is 2. The van der Waals surface area contributed by atoms with Crippen molar-refractivity contribution in [2.45, 2.75) is 45.3 Å². The highest BCUT2D eigenvalue weighted by Gasteiger charge is 2.51. The van der Waals surface area contributed by atoms with E-state index in [9.17, 15) is 0 Å². The number of nitrogens with zero attached hydrogens (tertiary/aromatic N) is 1. The van der Waals surface area contributed by atoms with Crippen molar-refractivity contribution >= 4 is 24.2 Å². The van der Waals surface area contributed by atoms with E-state index in [1.165, 1.54) is 0 Å². The van der Waals surface area contributed by atoms with E-state index >= 15 is 0 Å². The van der Waals surface area contributed by atoms with E-state index in [-0.39, 0.29) is 0 Å². The van der Waals surface area contributed by atoms with Crippen LogP contribution in [0.2, 0.25) is 5.15 Å². The lowest BCUT2D eigenvalue weighted by atomic mass is 9.80. The standard InChI is InChI=1S/C15H23BClNO4/c1-14(2)15(3,4)22-16(21-14)11-9-12(13(17)18-10-11)20-8-6-7-19-5/h9-10H,6-8H2,1-5H3. The van der Waals surface area contributed by atoms with Gasteiger partial charge in [-0.2, -0.15) is 0 Å². The first-order valence-corrected chi connectivity index (χ1v) is 7.77. The molecule has 0 unspecified atom stereocenters. The van der Waals surface area contributed by atoms with E-state index < -0.39 is 18.3 Å². The van der Waals surface area contributed by atoms with Crippen LogP contribution in [0.3, 0.4) is 0 Å². The fraction of sp³-hybridized carbons (Fsp3) is 0.667. The zero-order valence-electron chi connectivity index (χ0n) is 13.8. The maximum absolute atomic E-state index is 6.08. The van der Waals surface area contributed by atoms with Crippen LogP contribution in [0.1, 0.15) is 34.1 Å². The van der Waals surface area contributed by atoms with Gasteiger partial charge in [-0.3, -0.25) is 0 Å². The Bertz CT molecular complexity index is 508. The fourth-order valence-corrected chi connectivity index (χ4v) is 2.20. The van der Waals surface area contributed by atoms with Crippen LogP contribution in [-0.2, 0) is 14.0 Å². The monoisotopic (exact) mass is 327 g/mol. The summed E-state index contributed by atoms with van der Waals surface area (Å²) in [6.07, 6.45) is 2.44. The van der Waals surface area contributed by atoms with Crippen LogP contribution >= 0.6 is 11.6 Å². The third kappa shape index (κ3) is 3.74. The summed E-state index contributed by atoms with van der Waals surface area (Å²) in [5, 5.41) is 0.331. The van der Waals surface area contributed by atoms with Gasteiger partial charge in [-0.05, 0) is 33.8 Å². The minimum absolute atomic E-state index is 0.331. The topological polar surface area (TPSA) is 49.8 Å². The molecule has 1 aromatic rings. The molecule has 1 aliphatic heterocycles. The van der Waals surface area contributed by atoms with Gasteiger partial charge in [0, 0.05) is 31.8 Å². The molecule has 2 rings (SSSR count). The quantitative estimate of drug-likeness (QED) is 0.456. The Balaban J connectivity index is 2.10. The first-order chi connectivity index (χ1) is 10.3. The Hall–Kier alpha value is -0.815. The maximum atomic E-state index is 6.08. The lowest BCUT2D eigenvalue weighted by molar-refractivity contribution is 0.00578. The number of rotatable bonds is 6. The Morgan fingerprint density at radius 1 is 1.18 bits per heavy atom. The Morgan fingerprint density at radius 3 is 2.41 bits per heavy atom. The summed E-state index contributed by atoms with van der Waals surface area (Å²) in [5.41, 5.74) is 0.0120. The molecule has 1 fully saturated rings. The molecule has 22 heavy (non-hydrogen) atoms. The molecular formula is C15H23BClNO4. The molecule has 0 spiro atoms. The van der Waals surface area contributed by atoms with E-state index in [2.05, 4.69) is 4.98 Å². The summed E-state index contributed by atoms with van der Waals surface area (Å²) in [6.45, 7) is 9.21. The molecule has 0 saturated carbocycles. The SMILES string of the molecule is COCCCOc1cc(B2OC(C)(C)C(C)(C)O2)cnc1Cl. The maximum Gasteiger partial charge on any atom is 0.496 e. The summed E-state index contributed by atoms with van der Waals surface area (Å²) in [5.74, 6) is 0.532. The molecule has 1 saturated heterocycles. The largest absolute Gasteiger partial charge is 0.496 e. The van der Waals surface area contributed by atoms with Gasteiger partial charge in [0.15, 0.2) is 10.9 Å². The van der Waals surface area contributed by atoms with Crippen molar-refractivity contribution in [2.24, 2.45) is 0 Å². The van der Waals surface area contributed by atoms with Crippen LogP contribution in [0, 0.1) is 0 Å². The predicted octanol–water partition coefficient (Wildman–Crippen LogP) is 2.45. The molecule has 7 heteroatoms. The number of hydrogen-bond acceptors (Lipinski definition) is 5. The smallest absolute Gasteiger partial charge is 0.490 e. The van der Waals surface area contributed by atoms with Gasteiger partial charge in [0.05, 0.1) is 17.8 Å². The van der Waals surface area contributed by atoms with Gasteiger partial charge in [0.1, 0.15) is 0 Å². The van der Waals surface area contributed by atoms with Crippen LogP contribution < -0.4 is 10.2 Å². The van der Waals surface area contributed by atoms with Gasteiger partial charge in [-0.25, -0.2) is 4.98 Å². The number of aromatic nitrogens is 1. The summed E-state index contributed by atoms with van der Waals surface area (Å²) in [6, 6.07) is 1.82. The minimum Gasteiger partial charge on any atom is -0.490 e. The predicted molar refractivity (Wildman–Crippen MR) is 87.0 cm³/mol. The van der Waals surface area contributed by atoms with Crippen LogP contribution in [0.4, 0.5) is 0 Å². The lowest BCUT2D eigenvalue weighted by Crippen LogP contribution is -2.41. The third-order valence-electron chi connectivity index (χ3n) is 4.10. The first-order valence-electron chi connectivity index (χ1n) is 7.39. The zero-order valence-corrected chi connectivity index (χ0v) is 14.6. The second kappa shape index (κ2) is 6.75. The molecule has 1 aromatic heterocycles. The summed E-state index contributed by atoms with van der Waals surface area (Å²) < 4.78 is 22.7. The normalized spacial score (nSPS) is 19.5. The fourth-order valence-electron chi connectivity index (χ4n) is 2.04. The average Bonchev–Trinajstić information content (AvgIpc) is 2.65. The molecule has 122 valence electrons. The first kappa shape index (κ1) is 17.5. The number of pyridine rings is 1. The molecule has 0 N–H and O–H groups in total. The van der Waals surface area contributed by atoms with Gasteiger partial charge in [-0.15, -0.1) is 0 Å². The molecule has 1 aliphatic rings. The number of halogens is 1. The summed E-state index contributed by atoms with van der Waals surface area (Å²) in [4.78, 5) is 4.17. The van der Waals surface area contributed by atoms with Gasteiger partial charge < -0.3 is 18.8 Å². The number of methoxy groups -OCH3 is 1. The van der Waals surface area contributed by atoms with Crippen LogP contribution in [0.5, 0.6) is 5.75 Å². The van der Waals surface area contributed by atoms with Crippen LogP contribution in [0.15, 0.2) is 12.3 Å². The van der Waals surface area contributed by atoms with E-state index in [1.54, 1.807) is 13.3 Å². The number of hydrogen-bond donors (Lipinski definition) is 0. The molecule has 0 bridgehead atoms. The van der Waals surface area contributed by atoms with E-state index in [1.807, 2.05) is 33.8 Å². The van der Waals surface area contributed by atoms with Crippen molar-refractivity contribution in [2.75, 3.05) is 20.3 Å². The average molecular weight is 328 g/mol. The molecular weight excluding hydrogens is 304 g/mol. The summed E-state index contributed by atoms with van der Waals surface area (Å²) >= 11 is 6.08. The second-order valence-electron chi connectivity index (χ2n) is 6.34. The molecule has 2 heterocycles. The van der Waals surface area contributed by atoms with Crippen molar-refractivity contribution < 1.29 is 18.8 Å².